The number of aromatic nitrogens is 1. The predicted molar refractivity (Wildman–Crippen MR) is 62.9 cm³/mol. The van der Waals surface area contributed by atoms with Gasteiger partial charge in [-0.3, -0.25) is 4.79 Å². The summed E-state index contributed by atoms with van der Waals surface area (Å²) in [7, 11) is -3.52. The van der Waals surface area contributed by atoms with Gasteiger partial charge in [-0.15, -0.1) is 0 Å². The Kier molecular flexibility index (Phi) is 3.67. The molecule has 1 saturated heterocycles. The lowest BCUT2D eigenvalue weighted by atomic mass is 10.1. The summed E-state index contributed by atoms with van der Waals surface area (Å²) in [6.07, 6.45) is 3.72. The minimum Gasteiger partial charge on any atom is -0.451 e. The Balaban J connectivity index is 1.86. The van der Waals surface area contributed by atoms with Crippen LogP contribution in [-0.2, 0) is 21.2 Å². The number of nitrogens with two attached hydrogens (primary N) is 1. The fraction of sp³-hybridized carbons (Fsp3) is 0.600. The molecule has 7 nitrogen and oxygen atoms in total. The van der Waals surface area contributed by atoms with E-state index >= 15 is 0 Å². The second-order valence-electron chi connectivity index (χ2n) is 4.47. The van der Waals surface area contributed by atoms with Crippen molar-refractivity contribution in [3.63, 3.8) is 0 Å². The van der Waals surface area contributed by atoms with E-state index in [0.717, 1.165) is 5.69 Å². The molecular formula is C10H15N3O4S. The largest absolute Gasteiger partial charge is 0.451 e. The number of hydrogen-bond acceptors (Lipinski definition) is 5. The van der Waals surface area contributed by atoms with Crippen molar-refractivity contribution in [1.82, 2.24) is 9.88 Å². The molecular weight excluding hydrogens is 258 g/mol. The highest BCUT2D eigenvalue weighted by Crippen LogP contribution is 2.19. The van der Waals surface area contributed by atoms with E-state index in [-0.39, 0.29) is 24.0 Å². The van der Waals surface area contributed by atoms with Crippen molar-refractivity contribution in [3.05, 3.63) is 18.4 Å². The molecule has 0 saturated carbocycles. The number of amides is 1. The van der Waals surface area contributed by atoms with Crippen LogP contribution in [0.2, 0.25) is 0 Å². The molecule has 0 aromatic carbocycles. The fourth-order valence-corrected chi connectivity index (χ4v) is 3.00. The molecule has 0 bridgehead atoms. The van der Waals surface area contributed by atoms with Crippen LogP contribution >= 0.6 is 0 Å². The van der Waals surface area contributed by atoms with Gasteiger partial charge in [0.15, 0.2) is 6.39 Å². The van der Waals surface area contributed by atoms with Gasteiger partial charge in [0.2, 0.25) is 15.9 Å². The summed E-state index contributed by atoms with van der Waals surface area (Å²) in [4.78, 5) is 17.3. The number of sulfonamides is 1. The van der Waals surface area contributed by atoms with E-state index in [9.17, 15) is 13.2 Å². The maximum absolute atomic E-state index is 11.7. The van der Waals surface area contributed by atoms with Gasteiger partial charge in [0.05, 0.1) is 11.4 Å². The van der Waals surface area contributed by atoms with Crippen LogP contribution in [0.3, 0.4) is 0 Å². The first-order valence-electron chi connectivity index (χ1n) is 5.59. The monoisotopic (exact) mass is 273 g/mol. The second-order valence-corrected chi connectivity index (χ2v) is 6.13. The summed E-state index contributed by atoms with van der Waals surface area (Å²) >= 11 is 0. The minimum absolute atomic E-state index is 0.0351. The Morgan fingerprint density at radius 2 is 2.33 bits per heavy atom. The summed E-state index contributed by atoms with van der Waals surface area (Å²) in [5, 5.41) is 4.98. The Bertz CT molecular complexity index is 511. The quantitative estimate of drug-likeness (QED) is 0.767. The van der Waals surface area contributed by atoms with Crippen LogP contribution in [0.4, 0.5) is 0 Å². The lowest BCUT2D eigenvalue weighted by Crippen LogP contribution is -2.29. The van der Waals surface area contributed by atoms with Crippen LogP contribution in [0.1, 0.15) is 12.1 Å². The smallest absolute Gasteiger partial charge is 0.222 e. The third-order valence-electron chi connectivity index (χ3n) is 2.88. The third-order valence-corrected chi connectivity index (χ3v) is 3.82. The molecule has 1 unspecified atom stereocenters. The van der Waals surface area contributed by atoms with Crippen LogP contribution in [-0.4, -0.2) is 43.1 Å². The summed E-state index contributed by atoms with van der Waals surface area (Å²) < 4.78 is 26.8. The number of rotatable bonds is 5. The molecule has 2 heterocycles. The van der Waals surface area contributed by atoms with E-state index in [1.54, 1.807) is 4.90 Å². The molecule has 2 N–H and O–H groups in total. The van der Waals surface area contributed by atoms with E-state index in [1.165, 1.54) is 12.7 Å². The van der Waals surface area contributed by atoms with Crippen LogP contribution in [0, 0.1) is 5.92 Å². The first-order valence-corrected chi connectivity index (χ1v) is 7.31. The van der Waals surface area contributed by atoms with E-state index < -0.39 is 10.0 Å². The molecule has 0 spiro atoms. The van der Waals surface area contributed by atoms with Gasteiger partial charge >= 0.3 is 0 Å². The van der Waals surface area contributed by atoms with Crippen molar-refractivity contribution in [3.8, 4) is 0 Å². The van der Waals surface area contributed by atoms with Gasteiger partial charge in [0, 0.05) is 31.8 Å². The Labute approximate surface area is 105 Å². The SMILES string of the molecule is NS(=O)(=O)CC1CC(=O)N(CCc2cocn2)C1. The molecule has 1 aliphatic rings. The van der Waals surface area contributed by atoms with Gasteiger partial charge in [-0.2, -0.15) is 0 Å². The average molecular weight is 273 g/mol. The molecule has 18 heavy (non-hydrogen) atoms. The molecule has 0 aliphatic carbocycles. The maximum atomic E-state index is 11.7. The van der Waals surface area contributed by atoms with Gasteiger partial charge in [-0.1, -0.05) is 0 Å². The van der Waals surface area contributed by atoms with Crippen LogP contribution in [0.15, 0.2) is 17.1 Å². The molecule has 1 aromatic rings. The zero-order valence-electron chi connectivity index (χ0n) is 9.78. The number of likely N-dealkylation sites (tertiary alicyclic amines) is 1. The highest BCUT2D eigenvalue weighted by molar-refractivity contribution is 7.89. The highest BCUT2D eigenvalue weighted by Gasteiger charge is 2.31. The number of carbonyl (C=O) groups excluding carboxylic acids is 1. The van der Waals surface area contributed by atoms with Crippen molar-refractivity contribution in [2.24, 2.45) is 11.1 Å². The number of carbonyl (C=O) groups is 1. The fourth-order valence-electron chi connectivity index (χ4n) is 2.12. The van der Waals surface area contributed by atoms with E-state index in [4.69, 9.17) is 9.56 Å². The number of hydrogen-bond donors (Lipinski definition) is 1. The standard InChI is InChI=1S/C10H15N3O4S/c11-18(15,16)6-8-3-10(14)13(4-8)2-1-9-5-17-7-12-9/h5,7-8H,1-4,6H2,(H2,11,15,16). The van der Waals surface area contributed by atoms with Crippen LogP contribution in [0.25, 0.3) is 0 Å². The van der Waals surface area contributed by atoms with Gasteiger partial charge < -0.3 is 9.32 Å². The second kappa shape index (κ2) is 5.07. The number of primary sulfonamides is 1. The van der Waals surface area contributed by atoms with Crippen molar-refractivity contribution in [2.45, 2.75) is 12.8 Å². The van der Waals surface area contributed by atoms with Gasteiger partial charge in [0.25, 0.3) is 0 Å². The summed E-state index contributed by atoms with van der Waals surface area (Å²) in [5.41, 5.74) is 0.776. The number of oxazole rings is 1. The zero-order valence-corrected chi connectivity index (χ0v) is 10.6. The van der Waals surface area contributed by atoms with Gasteiger partial charge in [-0.25, -0.2) is 18.5 Å². The van der Waals surface area contributed by atoms with Crippen molar-refractivity contribution in [2.75, 3.05) is 18.8 Å². The first kappa shape index (κ1) is 13.0. The summed E-state index contributed by atoms with van der Waals surface area (Å²) in [5.74, 6) is -0.379. The molecule has 2 rings (SSSR count). The minimum atomic E-state index is -3.52. The third kappa shape index (κ3) is 3.54. The molecule has 0 radical (unpaired) electrons. The Morgan fingerprint density at radius 1 is 1.56 bits per heavy atom. The lowest BCUT2D eigenvalue weighted by molar-refractivity contribution is -0.127. The number of nitrogens with zero attached hydrogens (tertiary/aromatic N) is 2. The zero-order chi connectivity index (χ0) is 13.2. The van der Waals surface area contributed by atoms with Crippen molar-refractivity contribution < 1.29 is 17.6 Å². The molecule has 1 atom stereocenters. The van der Waals surface area contributed by atoms with Gasteiger partial charge in [0.1, 0.15) is 6.26 Å². The Morgan fingerprint density at radius 3 is 2.94 bits per heavy atom. The van der Waals surface area contributed by atoms with Gasteiger partial charge in [-0.05, 0) is 0 Å². The normalized spacial score (nSPS) is 20.6. The summed E-state index contributed by atoms with van der Waals surface area (Å²) in [6, 6.07) is 0. The maximum Gasteiger partial charge on any atom is 0.222 e. The molecule has 100 valence electrons. The summed E-state index contributed by atoms with van der Waals surface area (Å²) in [6.45, 7) is 0.958. The predicted octanol–water partition coefficient (Wildman–Crippen LogP) is -0.646. The topological polar surface area (TPSA) is 106 Å². The van der Waals surface area contributed by atoms with Crippen molar-refractivity contribution >= 4 is 15.9 Å². The van der Waals surface area contributed by atoms with Crippen LogP contribution in [0.5, 0.6) is 0 Å². The highest BCUT2D eigenvalue weighted by atomic mass is 32.2. The van der Waals surface area contributed by atoms with Crippen LogP contribution < -0.4 is 5.14 Å². The van der Waals surface area contributed by atoms with Crippen molar-refractivity contribution in [1.29, 1.82) is 0 Å². The molecule has 1 aliphatic heterocycles. The first-order chi connectivity index (χ1) is 8.44. The molecule has 1 aromatic heterocycles. The Hall–Kier alpha value is -1.41. The van der Waals surface area contributed by atoms with E-state index in [1.807, 2.05) is 0 Å². The molecule has 1 fully saturated rings. The van der Waals surface area contributed by atoms with E-state index in [2.05, 4.69) is 4.98 Å². The lowest BCUT2D eigenvalue weighted by Gasteiger charge is -2.15. The van der Waals surface area contributed by atoms with E-state index in [0.29, 0.717) is 19.5 Å². The molecule has 8 heteroatoms. The molecule has 1 amide bonds. The average Bonchev–Trinajstić information content (AvgIpc) is 2.83.